The molecular formula is C18H23N3O4. The van der Waals surface area contributed by atoms with Gasteiger partial charge in [0.25, 0.3) is 0 Å². The number of amides is 2. The van der Waals surface area contributed by atoms with E-state index in [-0.39, 0.29) is 36.3 Å². The molecule has 134 valence electrons. The SMILES string of the molecule is COC(=O)C1CCN([C@@H](C)C(=O)N2CC(=O)Nc3ccccc32)CC1. The van der Waals surface area contributed by atoms with Crippen LogP contribution >= 0.6 is 0 Å². The van der Waals surface area contributed by atoms with Gasteiger partial charge in [0.05, 0.1) is 30.4 Å². The number of carbonyl (C=O) groups excluding carboxylic acids is 3. The first kappa shape index (κ1) is 17.4. The van der Waals surface area contributed by atoms with Crippen molar-refractivity contribution in [2.75, 3.05) is 37.0 Å². The van der Waals surface area contributed by atoms with E-state index in [0.717, 1.165) is 5.69 Å². The van der Waals surface area contributed by atoms with Crippen molar-refractivity contribution in [3.8, 4) is 0 Å². The topological polar surface area (TPSA) is 79.0 Å². The molecule has 25 heavy (non-hydrogen) atoms. The second kappa shape index (κ2) is 7.23. The average molecular weight is 345 g/mol. The second-order valence-electron chi connectivity index (χ2n) is 6.50. The highest BCUT2D eigenvalue weighted by Gasteiger charge is 2.34. The van der Waals surface area contributed by atoms with Gasteiger partial charge in [0, 0.05) is 0 Å². The number of esters is 1. The third kappa shape index (κ3) is 3.51. The number of anilines is 2. The highest BCUT2D eigenvalue weighted by atomic mass is 16.5. The Labute approximate surface area is 146 Å². The first-order valence-corrected chi connectivity index (χ1v) is 8.53. The molecule has 0 aromatic heterocycles. The Morgan fingerprint density at radius 1 is 1.24 bits per heavy atom. The number of hydrogen-bond donors (Lipinski definition) is 1. The maximum Gasteiger partial charge on any atom is 0.308 e. The van der Waals surface area contributed by atoms with Crippen LogP contribution in [0.1, 0.15) is 19.8 Å². The monoisotopic (exact) mass is 345 g/mol. The van der Waals surface area contributed by atoms with E-state index >= 15 is 0 Å². The standard InChI is InChI=1S/C18H23N3O4/c1-12(20-9-7-13(8-10-20)18(24)25-2)17(23)21-11-16(22)19-14-5-3-4-6-15(14)21/h3-6,12-13H,7-11H2,1-2H3,(H,19,22)/t12-/m0/s1. The van der Waals surface area contributed by atoms with Crippen molar-refractivity contribution in [2.45, 2.75) is 25.8 Å². The molecule has 2 heterocycles. The molecule has 1 saturated heterocycles. The predicted octanol–water partition coefficient (Wildman–Crippen LogP) is 1.25. The van der Waals surface area contributed by atoms with Gasteiger partial charge >= 0.3 is 5.97 Å². The van der Waals surface area contributed by atoms with Gasteiger partial charge in [0.15, 0.2) is 0 Å². The summed E-state index contributed by atoms with van der Waals surface area (Å²) in [5.74, 6) is -0.562. The Balaban J connectivity index is 1.69. The van der Waals surface area contributed by atoms with Gasteiger partial charge in [-0.25, -0.2) is 0 Å². The quantitative estimate of drug-likeness (QED) is 0.834. The Hall–Kier alpha value is -2.41. The molecule has 7 nitrogen and oxygen atoms in total. The number of nitrogens with zero attached hydrogens (tertiary/aromatic N) is 2. The molecule has 0 aliphatic carbocycles. The van der Waals surface area contributed by atoms with E-state index < -0.39 is 0 Å². The fourth-order valence-electron chi connectivity index (χ4n) is 3.50. The van der Waals surface area contributed by atoms with Crippen LogP contribution < -0.4 is 10.2 Å². The predicted molar refractivity (Wildman–Crippen MR) is 93.2 cm³/mol. The lowest BCUT2D eigenvalue weighted by atomic mass is 9.96. The number of hydrogen-bond acceptors (Lipinski definition) is 5. The number of likely N-dealkylation sites (tertiary alicyclic amines) is 1. The Morgan fingerprint density at radius 3 is 2.60 bits per heavy atom. The van der Waals surface area contributed by atoms with Crippen LogP contribution in [-0.2, 0) is 19.1 Å². The third-order valence-electron chi connectivity index (χ3n) is 5.01. The largest absolute Gasteiger partial charge is 0.469 e. The van der Waals surface area contributed by atoms with Crippen molar-refractivity contribution in [2.24, 2.45) is 5.92 Å². The number of piperidine rings is 1. The van der Waals surface area contributed by atoms with E-state index in [9.17, 15) is 14.4 Å². The first-order chi connectivity index (χ1) is 12.0. The molecule has 2 aliphatic rings. The fraction of sp³-hybridized carbons (Fsp3) is 0.500. The molecule has 1 aromatic carbocycles. The molecule has 3 rings (SSSR count). The summed E-state index contributed by atoms with van der Waals surface area (Å²) < 4.78 is 4.80. The van der Waals surface area contributed by atoms with Crippen LogP contribution in [-0.4, -0.2) is 55.5 Å². The molecule has 0 spiro atoms. The van der Waals surface area contributed by atoms with Crippen molar-refractivity contribution in [3.05, 3.63) is 24.3 Å². The maximum atomic E-state index is 13.0. The summed E-state index contributed by atoms with van der Waals surface area (Å²) in [5.41, 5.74) is 1.38. The lowest BCUT2D eigenvalue weighted by Crippen LogP contribution is -2.53. The van der Waals surface area contributed by atoms with Gasteiger partial charge in [-0.2, -0.15) is 0 Å². The van der Waals surface area contributed by atoms with Gasteiger partial charge in [0.1, 0.15) is 6.54 Å². The molecule has 1 fully saturated rings. The molecular weight excluding hydrogens is 322 g/mol. The number of fused-ring (bicyclic) bond motifs is 1. The van der Waals surface area contributed by atoms with Gasteiger partial charge in [-0.05, 0) is 45.0 Å². The first-order valence-electron chi connectivity index (χ1n) is 8.53. The molecule has 0 unspecified atom stereocenters. The summed E-state index contributed by atoms with van der Waals surface area (Å²) >= 11 is 0. The zero-order valence-corrected chi connectivity index (χ0v) is 14.5. The summed E-state index contributed by atoms with van der Waals surface area (Å²) in [5, 5.41) is 2.79. The van der Waals surface area contributed by atoms with E-state index in [1.807, 2.05) is 25.1 Å². The van der Waals surface area contributed by atoms with Crippen molar-refractivity contribution in [1.29, 1.82) is 0 Å². The van der Waals surface area contributed by atoms with Crippen molar-refractivity contribution in [1.82, 2.24) is 4.90 Å². The highest BCUT2D eigenvalue weighted by molar-refractivity contribution is 6.11. The normalized spacial score (nSPS) is 19.8. The number of para-hydroxylation sites is 2. The molecule has 1 N–H and O–H groups in total. The van der Waals surface area contributed by atoms with Crippen LogP contribution in [0.15, 0.2) is 24.3 Å². The Morgan fingerprint density at radius 2 is 1.92 bits per heavy atom. The molecule has 1 aromatic rings. The van der Waals surface area contributed by atoms with Gasteiger partial charge in [-0.1, -0.05) is 12.1 Å². The highest BCUT2D eigenvalue weighted by Crippen LogP contribution is 2.30. The Bertz CT molecular complexity index is 683. The molecule has 1 atom stereocenters. The zero-order chi connectivity index (χ0) is 18.0. The van der Waals surface area contributed by atoms with E-state index in [1.165, 1.54) is 7.11 Å². The molecule has 0 radical (unpaired) electrons. The third-order valence-corrected chi connectivity index (χ3v) is 5.01. The Kier molecular flexibility index (Phi) is 5.03. The van der Waals surface area contributed by atoms with Crippen LogP contribution in [0, 0.1) is 5.92 Å². The molecule has 0 bridgehead atoms. The number of carbonyl (C=O) groups is 3. The lowest BCUT2D eigenvalue weighted by Gasteiger charge is -2.38. The maximum absolute atomic E-state index is 13.0. The van der Waals surface area contributed by atoms with Crippen LogP contribution in [0.25, 0.3) is 0 Å². The minimum atomic E-state index is -0.349. The van der Waals surface area contributed by atoms with Gasteiger partial charge in [-0.15, -0.1) is 0 Å². The molecule has 7 heteroatoms. The van der Waals surface area contributed by atoms with Crippen molar-refractivity contribution >= 4 is 29.2 Å². The van der Waals surface area contributed by atoms with E-state index in [0.29, 0.717) is 31.6 Å². The minimum absolute atomic E-state index is 0.0266. The number of ether oxygens (including phenoxy) is 1. The zero-order valence-electron chi connectivity index (χ0n) is 14.5. The summed E-state index contributed by atoms with van der Waals surface area (Å²) in [7, 11) is 1.40. The van der Waals surface area contributed by atoms with Gasteiger partial charge in [-0.3, -0.25) is 24.2 Å². The average Bonchev–Trinajstić information content (AvgIpc) is 2.65. The van der Waals surface area contributed by atoms with Crippen LogP contribution in [0.4, 0.5) is 11.4 Å². The van der Waals surface area contributed by atoms with Crippen molar-refractivity contribution < 1.29 is 19.1 Å². The van der Waals surface area contributed by atoms with Crippen molar-refractivity contribution in [3.63, 3.8) is 0 Å². The summed E-state index contributed by atoms with van der Waals surface area (Å²) in [4.78, 5) is 40.2. The van der Waals surface area contributed by atoms with Crippen LogP contribution in [0.2, 0.25) is 0 Å². The van der Waals surface area contributed by atoms with Gasteiger partial charge < -0.3 is 10.1 Å². The smallest absolute Gasteiger partial charge is 0.308 e. The second-order valence-corrected chi connectivity index (χ2v) is 6.50. The molecule has 2 aliphatic heterocycles. The summed E-state index contributed by atoms with van der Waals surface area (Å²) in [6, 6.07) is 6.96. The molecule has 2 amide bonds. The number of benzene rings is 1. The fourth-order valence-corrected chi connectivity index (χ4v) is 3.50. The van der Waals surface area contributed by atoms with Gasteiger partial charge in [0.2, 0.25) is 11.8 Å². The van der Waals surface area contributed by atoms with E-state index in [1.54, 1.807) is 11.0 Å². The number of nitrogens with one attached hydrogen (secondary N) is 1. The van der Waals surface area contributed by atoms with E-state index in [2.05, 4.69) is 10.2 Å². The number of methoxy groups -OCH3 is 1. The van der Waals surface area contributed by atoms with Crippen LogP contribution in [0.3, 0.4) is 0 Å². The summed E-state index contributed by atoms with van der Waals surface area (Å²) in [6.45, 7) is 3.21. The van der Waals surface area contributed by atoms with Crippen LogP contribution in [0.5, 0.6) is 0 Å². The molecule has 0 saturated carbocycles. The minimum Gasteiger partial charge on any atom is -0.469 e. The van der Waals surface area contributed by atoms with E-state index in [4.69, 9.17) is 4.74 Å². The lowest BCUT2D eigenvalue weighted by molar-refractivity contribution is -0.147. The number of rotatable bonds is 3. The summed E-state index contributed by atoms with van der Waals surface area (Å²) in [6.07, 6.45) is 1.36.